The van der Waals surface area contributed by atoms with Gasteiger partial charge in [-0.1, -0.05) is 18.7 Å². The highest BCUT2D eigenvalue weighted by Gasteiger charge is 2.14. The maximum Gasteiger partial charge on any atom is 0.119 e. The van der Waals surface area contributed by atoms with Gasteiger partial charge in [0.05, 0.1) is 6.61 Å². The van der Waals surface area contributed by atoms with E-state index in [-0.39, 0.29) is 5.75 Å². The summed E-state index contributed by atoms with van der Waals surface area (Å²) in [6.07, 6.45) is 4.06. The fourth-order valence-corrected chi connectivity index (χ4v) is 1.81. The molecule has 0 aliphatic heterocycles. The third kappa shape index (κ3) is 3.05. The van der Waals surface area contributed by atoms with Crippen LogP contribution in [0.25, 0.3) is 5.57 Å². The Balaban J connectivity index is 3.34. The number of benzene rings is 1. The zero-order chi connectivity index (χ0) is 13.5. The van der Waals surface area contributed by atoms with Crippen LogP contribution in [0.5, 0.6) is 5.75 Å². The first-order chi connectivity index (χ1) is 8.65. The number of ether oxygens (including phenoxy) is 1. The molecule has 0 atom stereocenters. The Labute approximate surface area is 107 Å². The summed E-state index contributed by atoms with van der Waals surface area (Å²) < 4.78 is 5.04. The molecule has 1 aromatic carbocycles. The minimum atomic E-state index is 0.143. The van der Waals surface area contributed by atoms with Crippen molar-refractivity contribution in [1.82, 2.24) is 0 Å². The average Bonchev–Trinajstić information content (AvgIpc) is 2.38. The van der Waals surface area contributed by atoms with Gasteiger partial charge in [-0.3, -0.25) is 0 Å². The van der Waals surface area contributed by atoms with Crippen molar-refractivity contribution < 1.29 is 9.84 Å². The Morgan fingerprint density at radius 3 is 2.83 bits per heavy atom. The third-order valence-corrected chi connectivity index (χ3v) is 2.73. The van der Waals surface area contributed by atoms with Crippen molar-refractivity contribution in [3.8, 4) is 5.75 Å². The molecule has 0 spiro atoms. The van der Waals surface area contributed by atoms with Gasteiger partial charge in [-0.2, -0.15) is 0 Å². The van der Waals surface area contributed by atoms with Crippen molar-refractivity contribution in [3.05, 3.63) is 46.9 Å². The first kappa shape index (κ1) is 14.1. The number of methoxy groups -OCH3 is 1. The molecule has 0 saturated carbocycles. The van der Waals surface area contributed by atoms with Crippen LogP contribution in [-0.2, 0) is 4.74 Å². The molecule has 1 N–H and O–H groups in total. The molecule has 0 radical (unpaired) electrons. The van der Waals surface area contributed by atoms with Crippen molar-refractivity contribution in [2.75, 3.05) is 13.7 Å². The zero-order valence-corrected chi connectivity index (χ0v) is 10.6. The van der Waals surface area contributed by atoms with Crippen LogP contribution in [0.4, 0.5) is 5.69 Å². The molecule has 0 aliphatic rings. The van der Waals surface area contributed by atoms with Crippen LogP contribution in [0.3, 0.4) is 0 Å². The van der Waals surface area contributed by atoms with Gasteiger partial charge in [-0.05, 0) is 36.2 Å². The quantitative estimate of drug-likeness (QED) is 0.615. The van der Waals surface area contributed by atoms with Gasteiger partial charge in [0.25, 0.3) is 0 Å². The summed E-state index contributed by atoms with van der Waals surface area (Å²) in [5, 5.41) is 12.7. The normalized spacial score (nSPS) is 11.3. The number of hydrogen-bond donors (Lipinski definition) is 1. The van der Waals surface area contributed by atoms with E-state index < -0.39 is 0 Å². The zero-order valence-electron chi connectivity index (χ0n) is 10.6. The highest BCUT2D eigenvalue weighted by atomic mass is 16.5. The Hall–Kier alpha value is -1.94. The van der Waals surface area contributed by atoms with Crippen LogP contribution in [0.2, 0.25) is 0 Å². The van der Waals surface area contributed by atoms with Crippen molar-refractivity contribution in [2.24, 2.45) is 5.18 Å². The lowest BCUT2D eigenvalue weighted by Crippen LogP contribution is -1.95. The van der Waals surface area contributed by atoms with Crippen LogP contribution in [0.15, 0.2) is 36.0 Å². The van der Waals surface area contributed by atoms with E-state index in [1.165, 1.54) is 12.1 Å². The van der Waals surface area contributed by atoms with Crippen LogP contribution in [-0.4, -0.2) is 18.8 Å². The van der Waals surface area contributed by atoms with Gasteiger partial charge in [0.15, 0.2) is 0 Å². The lowest BCUT2D eigenvalue weighted by molar-refractivity contribution is 0.206. The van der Waals surface area contributed by atoms with Gasteiger partial charge < -0.3 is 9.84 Å². The van der Waals surface area contributed by atoms with Crippen molar-refractivity contribution in [1.29, 1.82) is 0 Å². The predicted molar refractivity (Wildman–Crippen MR) is 73.0 cm³/mol. The first-order valence-corrected chi connectivity index (χ1v) is 5.62. The monoisotopic (exact) mass is 247 g/mol. The summed E-state index contributed by atoms with van der Waals surface area (Å²) in [6.45, 7) is 5.93. The van der Waals surface area contributed by atoms with E-state index in [1.807, 2.05) is 0 Å². The van der Waals surface area contributed by atoms with Gasteiger partial charge in [-0.15, -0.1) is 4.91 Å². The molecule has 0 heterocycles. The summed E-state index contributed by atoms with van der Waals surface area (Å²) in [5.41, 5.74) is 2.47. The molecule has 18 heavy (non-hydrogen) atoms. The lowest BCUT2D eigenvalue weighted by Gasteiger charge is -2.13. The summed E-state index contributed by atoms with van der Waals surface area (Å²) in [7, 11) is 1.61. The number of phenolic OH excluding ortho intramolecular Hbond substituents is 1. The Kier molecular flexibility index (Phi) is 5.27. The fraction of sp³-hybridized carbons (Fsp3) is 0.286. The molecule has 0 bridgehead atoms. The molecule has 0 unspecified atom stereocenters. The van der Waals surface area contributed by atoms with Gasteiger partial charge >= 0.3 is 0 Å². The largest absolute Gasteiger partial charge is 0.508 e. The van der Waals surface area contributed by atoms with E-state index in [9.17, 15) is 10.0 Å². The van der Waals surface area contributed by atoms with Crippen LogP contribution in [0, 0.1) is 11.8 Å². The Bertz CT molecular complexity index is 478. The number of aromatic hydroxyl groups is 1. The van der Waals surface area contributed by atoms with E-state index in [0.29, 0.717) is 29.8 Å². The standard InChI is InChI=1S/C14H17NO3/c1-4-5-11(8-9-18-3)14-10(2)13(16)7-6-12(14)15-17/h4-7,16H,1,8-9H2,2-3H3/b11-5-. The second kappa shape index (κ2) is 6.71. The second-order valence-corrected chi connectivity index (χ2v) is 3.87. The molecule has 0 saturated heterocycles. The van der Waals surface area contributed by atoms with Crippen molar-refractivity contribution in [3.63, 3.8) is 0 Å². The van der Waals surface area contributed by atoms with E-state index in [2.05, 4.69) is 11.8 Å². The number of hydrogen-bond acceptors (Lipinski definition) is 4. The van der Waals surface area contributed by atoms with Crippen molar-refractivity contribution >= 4 is 11.3 Å². The molecular weight excluding hydrogens is 230 g/mol. The number of nitrogens with zero attached hydrogens (tertiary/aromatic N) is 1. The van der Waals surface area contributed by atoms with Crippen LogP contribution >= 0.6 is 0 Å². The smallest absolute Gasteiger partial charge is 0.119 e. The number of phenols is 1. The highest BCUT2D eigenvalue weighted by Crippen LogP contribution is 2.36. The molecule has 4 nitrogen and oxygen atoms in total. The summed E-state index contributed by atoms with van der Waals surface area (Å²) in [4.78, 5) is 10.9. The number of rotatable bonds is 6. The van der Waals surface area contributed by atoms with Crippen LogP contribution in [0.1, 0.15) is 17.5 Å². The number of allylic oxidation sites excluding steroid dienone is 2. The molecule has 1 rings (SSSR count). The predicted octanol–water partition coefficient (Wildman–Crippen LogP) is 3.70. The maximum absolute atomic E-state index is 10.9. The lowest BCUT2D eigenvalue weighted by atomic mass is 9.95. The number of nitroso groups, excluding NO2 is 1. The van der Waals surface area contributed by atoms with Gasteiger partial charge in [0.2, 0.25) is 0 Å². The van der Waals surface area contributed by atoms with E-state index >= 15 is 0 Å². The summed E-state index contributed by atoms with van der Waals surface area (Å²) in [6, 6.07) is 2.98. The van der Waals surface area contributed by atoms with E-state index in [1.54, 1.807) is 26.2 Å². The minimum Gasteiger partial charge on any atom is -0.508 e. The first-order valence-electron chi connectivity index (χ1n) is 5.62. The molecule has 4 heteroatoms. The van der Waals surface area contributed by atoms with E-state index in [0.717, 1.165) is 5.57 Å². The minimum absolute atomic E-state index is 0.143. The van der Waals surface area contributed by atoms with Gasteiger partial charge in [0, 0.05) is 18.2 Å². The summed E-state index contributed by atoms with van der Waals surface area (Å²) in [5.74, 6) is 0.143. The molecule has 0 fully saturated rings. The second-order valence-electron chi connectivity index (χ2n) is 3.87. The Morgan fingerprint density at radius 2 is 2.28 bits per heavy atom. The average molecular weight is 247 g/mol. The van der Waals surface area contributed by atoms with Crippen molar-refractivity contribution in [2.45, 2.75) is 13.3 Å². The molecule has 1 aromatic rings. The fourth-order valence-electron chi connectivity index (χ4n) is 1.81. The topological polar surface area (TPSA) is 58.9 Å². The maximum atomic E-state index is 10.9. The SMILES string of the molecule is C=C/C=C(/CCOC)c1c(N=O)ccc(O)c1C. The van der Waals surface area contributed by atoms with Gasteiger partial charge in [0.1, 0.15) is 11.4 Å². The van der Waals surface area contributed by atoms with Crippen LogP contribution < -0.4 is 0 Å². The molecule has 0 amide bonds. The van der Waals surface area contributed by atoms with Gasteiger partial charge in [-0.25, -0.2) is 0 Å². The Morgan fingerprint density at radius 1 is 1.56 bits per heavy atom. The van der Waals surface area contributed by atoms with E-state index in [4.69, 9.17) is 4.74 Å². The highest BCUT2D eigenvalue weighted by molar-refractivity contribution is 5.79. The molecule has 96 valence electrons. The molecular formula is C14H17NO3. The molecule has 0 aromatic heterocycles. The molecule has 0 aliphatic carbocycles. The summed E-state index contributed by atoms with van der Waals surface area (Å²) >= 11 is 0. The third-order valence-electron chi connectivity index (χ3n) is 2.73.